The van der Waals surface area contributed by atoms with E-state index in [4.69, 9.17) is 0 Å². The fourth-order valence-corrected chi connectivity index (χ4v) is 1.91. The van der Waals surface area contributed by atoms with Gasteiger partial charge in [-0.25, -0.2) is 4.39 Å². The lowest BCUT2D eigenvalue weighted by Gasteiger charge is -2.10. The van der Waals surface area contributed by atoms with Gasteiger partial charge in [0.25, 0.3) is 0 Å². The molecule has 0 nitrogen and oxygen atoms in total. The van der Waals surface area contributed by atoms with Crippen molar-refractivity contribution in [1.82, 2.24) is 0 Å². The Hall–Kier alpha value is -1.37. The molecule has 1 heteroatoms. The number of allylic oxidation sites excluding steroid dienone is 4. The van der Waals surface area contributed by atoms with Crippen molar-refractivity contribution < 1.29 is 4.39 Å². The van der Waals surface area contributed by atoms with E-state index in [1.807, 2.05) is 39.0 Å². The van der Waals surface area contributed by atoms with E-state index in [0.29, 0.717) is 0 Å². The van der Waals surface area contributed by atoms with Gasteiger partial charge >= 0.3 is 0 Å². The van der Waals surface area contributed by atoms with Crippen molar-refractivity contribution >= 4 is 5.57 Å². The molecule has 0 radical (unpaired) electrons. The zero-order chi connectivity index (χ0) is 12.8. The van der Waals surface area contributed by atoms with E-state index in [-0.39, 0.29) is 5.82 Å². The first kappa shape index (κ1) is 13.7. The van der Waals surface area contributed by atoms with Crippen LogP contribution in [0.3, 0.4) is 0 Å². The van der Waals surface area contributed by atoms with Crippen LogP contribution in [0.15, 0.2) is 30.4 Å². The molecule has 0 aromatic heterocycles. The SMILES string of the molecule is C/C=C\C=C(/C)c1cc(C)c(CCC)c(F)c1. The van der Waals surface area contributed by atoms with Crippen molar-refractivity contribution in [2.24, 2.45) is 0 Å². The first-order valence-corrected chi connectivity index (χ1v) is 6.19. The minimum Gasteiger partial charge on any atom is -0.207 e. The van der Waals surface area contributed by atoms with Crippen molar-refractivity contribution in [3.63, 3.8) is 0 Å². The number of benzene rings is 1. The number of hydrogen-bond donors (Lipinski definition) is 0. The summed E-state index contributed by atoms with van der Waals surface area (Å²) in [6, 6.07) is 3.72. The molecular weight excluding hydrogens is 211 g/mol. The molecule has 92 valence electrons. The third-order valence-electron chi connectivity index (χ3n) is 2.91. The minimum absolute atomic E-state index is 0.0740. The van der Waals surface area contributed by atoms with E-state index >= 15 is 0 Å². The van der Waals surface area contributed by atoms with Gasteiger partial charge in [0.1, 0.15) is 5.82 Å². The first-order chi connectivity index (χ1) is 8.10. The summed E-state index contributed by atoms with van der Waals surface area (Å²) >= 11 is 0. The van der Waals surface area contributed by atoms with Crippen LogP contribution in [0.4, 0.5) is 4.39 Å². The molecular formula is C16H21F. The Morgan fingerprint density at radius 1 is 1.35 bits per heavy atom. The molecule has 0 atom stereocenters. The Morgan fingerprint density at radius 3 is 2.59 bits per heavy atom. The number of hydrogen-bond acceptors (Lipinski definition) is 0. The van der Waals surface area contributed by atoms with Crippen LogP contribution in [0.2, 0.25) is 0 Å². The van der Waals surface area contributed by atoms with Crippen molar-refractivity contribution in [3.8, 4) is 0 Å². The smallest absolute Gasteiger partial charge is 0.127 e. The summed E-state index contributed by atoms with van der Waals surface area (Å²) in [5, 5.41) is 0. The fourth-order valence-electron chi connectivity index (χ4n) is 1.91. The molecule has 1 aromatic rings. The third-order valence-corrected chi connectivity index (χ3v) is 2.91. The van der Waals surface area contributed by atoms with Crippen molar-refractivity contribution in [1.29, 1.82) is 0 Å². The van der Waals surface area contributed by atoms with Crippen LogP contribution in [0, 0.1) is 12.7 Å². The van der Waals surface area contributed by atoms with Crippen molar-refractivity contribution in [3.05, 3.63) is 52.9 Å². The maximum absolute atomic E-state index is 13.9. The van der Waals surface area contributed by atoms with Gasteiger partial charge in [0.2, 0.25) is 0 Å². The van der Waals surface area contributed by atoms with Gasteiger partial charge < -0.3 is 0 Å². The molecule has 0 heterocycles. The highest BCUT2D eigenvalue weighted by Gasteiger charge is 2.07. The van der Waals surface area contributed by atoms with Crippen LogP contribution in [-0.2, 0) is 6.42 Å². The van der Waals surface area contributed by atoms with Gasteiger partial charge in [0.05, 0.1) is 0 Å². The third kappa shape index (κ3) is 3.55. The Balaban J connectivity index is 3.13. The lowest BCUT2D eigenvalue weighted by atomic mass is 9.97. The zero-order valence-electron chi connectivity index (χ0n) is 11.2. The Kier molecular flexibility index (Phi) is 5.14. The maximum atomic E-state index is 13.9. The van der Waals surface area contributed by atoms with E-state index < -0.39 is 0 Å². The molecule has 0 saturated carbocycles. The predicted molar refractivity (Wildman–Crippen MR) is 73.6 cm³/mol. The van der Waals surface area contributed by atoms with Gasteiger partial charge in [-0.2, -0.15) is 0 Å². The summed E-state index contributed by atoms with van der Waals surface area (Å²) in [6.45, 7) is 8.04. The Bertz CT molecular complexity index is 416. The monoisotopic (exact) mass is 232 g/mol. The van der Waals surface area contributed by atoms with Gasteiger partial charge in [-0.1, -0.05) is 37.6 Å². The standard InChI is InChI=1S/C16H21F/c1-5-7-9-12(3)14-10-13(4)15(8-6-2)16(17)11-14/h5,7,9-11H,6,8H2,1-4H3/b7-5-,12-9+. The Morgan fingerprint density at radius 2 is 2.06 bits per heavy atom. The van der Waals surface area contributed by atoms with Crippen LogP contribution >= 0.6 is 0 Å². The predicted octanol–water partition coefficient (Wildman–Crippen LogP) is 5.07. The summed E-state index contributed by atoms with van der Waals surface area (Å²) in [5.74, 6) is -0.0740. The van der Waals surface area contributed by atoms with Gasteiger partial charge in [0, 0.05) is 0 Å². The second kappa shape index (κ2) is 6.39. The lowest BCUT2D eigenvalue weighted by molar-refractivity contribution is 0.604. The minimum atomic E-state index is -0.0740. The topological polar surface area (TPSA) is 0 Å². The molecule has 17 heavy (non-hydrogen) atoms. The van der Waals surface area contributed by atoms with Crippen LogP contribution < -0.4 is 0 Å². The second-order valence-electron chi connectivity index (χ2n) is 4.38. The molecule has 0 bridgehead atoms. The van der Waals surface area contributed by atoms with Gasteiger partial charge in [0.15, 0.2) is 0 Å². The van der Waals surface area contributed by atoms with Gasteiger partial charge in [-0.05, 0) is 55.5 Å². The highest BCUT2D eigenvalue weighted by molar-refractivity contribution is 5.66. The largest absolute Gasteiger partial charge is 0.207 e. The highest BCUT2D eigenvalue weighted by atomic mass is 19.1. The van der Waals surface area contributed by atoms with E-state index in [1.54, 1.807) is 6.07 Å². The number of aryl methyl sites for hydroxylation is 1. The molecule has 0 unspecified atom stereocenters. The molecule has 0 aliphatic carbocycles. The van der Waals surface area contributed by atoms with Crippen molar-refractivity contribution in [2.45, 2.75) is 40.5 Å². The summed E-state index contributed by atoms with van der Waals surface area (Å²) in [4.78, 5) is 0. The van der Waals surface area contributed by atoms with Crippen molar-refractivity contribution in [2.75, 3.05) is 0 Å². The number of halogens is 1. The normalized spacial score (nSPS) is 12.4. The van der Waals surface area contributed by atoms with E-state index in [9.17, 15) is 4.39 Å². The van der Waals surface area contributed by atoms with E-state index in [0.717, 1.165) is 35.1 Å². The highest BCUT2D eigenvalue weighted by Crippen LogP contribution is 2.22. The van der Waals surface area contributed by atoms with Crippen LogP contribution in [0.25, 0.3) is 5.57 Å². The average molecular weight is 232 g/mol. The molecule has 0 fully saturated rings. The van der Waals surface area contributed by atoms with E-state index in [1.165, 1.54) is 0 Å². The Labute approximate surface area is 104 Å². The van der Waals surface area contributed by atoms with Crippen LogP contribution in [0.1, 0.15) is 43.9 Å². The van der Waals surface area contributed by atoms with Crippen LogP contribution in [-0.4, -0.2) is 0 Å². The maximum Gasteiger partial charge on any atom is 0.127 e. The van der Waals surface area contributed by atoms with E-state index in [2.05, 4.69) is 13.0 Å². The fraction of sp³-hybridized carbons (Fsp3) is 0.375. The molecule has 0 N–H and O–H groups in total. The quantitative estimate of drug-likeness (QED) is 0.636. The molecule has 0 spiro atoms. The summed E-state index contributed by atoms with van der Waals surface area (Å²) in [5.41, 5.74) is 3.97. The average Bonchev–Trinajstić information content (AvgIpc) is 2.30. The van der Waals surface area contributed by atoms with Crippen LogP contribution in [0.5, 0.6) is 0 Å². The first-order valence-electron chi connectivity index (χ1n) is 6.19. The molecule has 0 aliphatic heterocycles. The molecule has 1 rings (SSSR count). The molecule has 0 aliphatic rings. The van der Waals surface area contributed by atoms with Gasteiger partial charge in [-0.3, -0.25) is 0 Å². The zero-order valence-corrected chi connectivity index (χ0v) is 11.2. The molecule has 0 saturated heterocycles. The summed E-state index contributed by atoms with van der Waals surface area (Å²) < 4.78 is 13.9. The summed E-state index contributed by atoms with van der Waals surface area (Å²) in [7, 11) is 0. The second-order valence-corrected chi connectivity index (χ2v) is 4.38. The summed E-state index contributed by atoms with van der Waals surface area (Å²) in [6.07, 6.45) is 7.74. The lowest BCUT2D eigenvalue weighted by Crippen LogP contribution is -1.96. The molecule has 0 amide bonds. The molecule has 1 aromatic carbocycles. The van der Waals surface area contributed by atoms with Gasteiger partial charge in [-0.15, -0.1) is 0 Å². The number of rotatable bonds is 4.